The van der Waals surface area contributed by atoms with Crippen molar-refractivity contribution in [2.24, 2.45) is 5.73 Å². The van der Waals surface area contributed by atoms with Gasteiger partial charge in [0.05, 0.1) is 5.82 Å². The number of rotatable bonds is 3. The molecule has 1 fully saturated rings. The number of benzene rings is 2. The Morgan fingerprint density at radius 2 is 2.16 bits per heavy atom. The van der Waals surface area contributed by atoms with Gasteiger partial charge in [-0.3, -0.25) is 0 Å². The Morgan fingerprint density at radius 3 is 2.92 bits per heavy atom. The number of nitrogens with one attached hydrogen (secondary N) is 3. The van der Waals surface area contributed by atoms with Gasteiger partial charge in [0.15, 0.2) is 0 Å². The maximum atomic E-state index is 14.5. The van der Waals surface area contributed by atoms with E-state index in [0.717, 1.165) is 47.5 Å². The summed E-state index contributed by atoms with van der Waals surface area (Å²) in [4.78, 5) is 0. The van der Waals surface area contributed by atoms with Gasteiger partial charge < -0.3 is 21.7 Å². The molecule has 5 heteroatoms. The van der Waals surface area contributed by atoms with Crippen molar-refractivity contribution in [3.05, 3.63) is 58.7 Å². The van der Waals surface area contributed by atoms with Crippen molar-refractivity contribution < 1.29 is 4.39 Å². The molecule has 2 aromatic carbocycles. The molecule has 0 radical (unpaired) electrons. The predicted octanol–water partition coefficient (Wildman–Crippen LogP) is 2.94. The van der Waals surface area contributed by atoms with E-state index in [1.165, 1.54) is 6.07 Å². The van der Waals surface area contributed by atoms with Crippen LogP contribution < -0.4 is 21.7 Å². The molecule has 4 nitrogen and oxygen atoms in total. The topological polar surface area (TPSA) is 62.1 Å². The molecule has 0 saturated carbocycles. The summed E-state index contributed by atoms with van der Waals surface area (Å²) in [6.07, 6.45) is 3.04. The van der Waals surface area contributed by atoms with Gasteiger partial charge in [-0.15, -0.1) is 0 Å². The van der Waals surface area contributed by atoms with Crippen molar-refractivity contribution in [3.63, 3.8) is 0 Å². The van der Waals surface area contributed by atoms with Crippen LogP contribution in [0.4, 0.5) is 10.1 Å². The van der Waals surface area contributed by atoms with E-state index in [1.807, 2.05) is 19.1 Å². The Labute approximate surface area is 147 Å². The third kappa shape index (κ3) is 3.07. The largest absolute Gasteiger partial charge is 0.386 e. The van der Waals surface area contributed by atoms with Crippen molar-refractivity contribution >= 4 is 11.8 Å². The van der Waals surface area contributed by atoms with Crippen LogP contribution in [0, 0.1) is 12.7 Å². The first-order valence-electron chi connectivity index (χ1n) is 8.72. The maximum Gasteiger partial charge on any atom is 0.131 e. The van der Waals surface area contributed by atoms with Gasteiger partial charge in [0.1, 0.15) is 5.82 Å². The van der Waals surface area contributed by atoms with Gasteiger partial charge in [-0.05, 0) is 60.9 Å². The molecular formula is C20H23FN4. The Morgan fingerprint density at radius 1 is 1.28 bits per heavy atom. The van der Waals surface area contributed by atoms with Crippen LogP contribution in [0.3, 0.4) is 0 Å². The van der Waals surface area contributed by atoms with Crippen molar-refractivity contribution in [1.29, 1.82) is 0 Å². The number of aryl methyl sites for hydroxylation is 1. The molecule has 0 spiro atoms. The Kier molecular flexibility index (Phi) is 4.09. The molecule has 2 heterocycles. The standard InChI is InChI=1S/C20H23FN4/c1-12-3-2-4-17(21)20(12)13-7-14-10-24-19(22)9-16(14)18(8-13)25-15-5-6-23-11-15/h2-4,7-9,15,23-25H,5-6,10-11,22H2,1H3. The van der Waals surface area contributed by atoms with Gasteiger partial charge in [0.2, 0.25) is 0 Å². The molecule has 1 saturated heterocycles. The molecule has 2 aliphatic heterocycles. The van der Waals surface area contributed by atoms with Gasteiger partial charge >= 0.3 is 0 Å². The van der Waals surface area contributed by atoms with E-state index in [0.29, 0.717) is 24.0 Å². The summed E-state index contributed by atoms with van der Waals surface area (Å²) in [6, 6.07) is 9.71. The number of anilines is 1. The summed E-state index contributed by atoms with van der Waals surface area (Å²) in [5.41, 5.74) is 11.7. The molecular weight excluding hydrogens is 315 g/mol. The highest BCUT2D eigenvalue weighted by Crippen LogP contribution is 2.35. The SMILES string of the molecule is Cc1cccc(F)c1-c1cc2c(c(NC3CCNC3)c1)C=C(N)NC2. The van der Waals surface area contributed by atoms with Gasteiger partial charge in [-0.2, -0.15) is 0 Å². The zero-order valence-electron chi connectivity index (χ0n) is 14.3. The van der Waals surface area contributed by atoms with Gasteiger partial charge in [-0.25, -0.2) is 4.39 Å². The molecule has 0 aliphatic carbocycles. The molecule has 4 rings (SSSR count). The van der Waals surface area contributed by atoms with E-state index in [-0.39, 0.29) is 5.82 Å². The fourth-order valence-electron chi connectivity index (χ4n) is 3.69. The first-order valence-corrected chi connectivity index (χ1v) is 8.72. The van der Waals surface area contributed by atoms with Crippen molar-refractivity contribution in [1.82, 2.24) is 10.6 Å². The lowest BCUT2D eigenvalue weighted by molar-refractivity contribution is 0.630. The predicted molar refractivity (Wildman–Crippen MR) is 100 cm³/mol. The molecule has 0 bridgehead atoms. The number of fused-ring (bicyclic) bond motifs is 1. The first-order chi connectivity index (χ1) is 12.1. The van der Waals surface area contributed by atoms with Crippen LogP contribution in [0.25, 0.3) is 17.2 Å². The van der Waals surface area contributed by atoms with Crippen LogP contribution >= 0.6 is 0 Å². The smallest absolute Gasteiger partial charge is 0.131 e. The molecule has 2 aromatic rings. The number of nitrogens with two attached hydrogens (primary N) is 1. The number of hydrogen-bond acceptors (Lipinski definition) is 4. The van der Waals surface area contributed by atoms with E-state index in [1.54, 1.807) is 6.07 Å². The zero-order valence-corrected chi connectivity index (χ0v) is 14.3. The summed E-state index contributed by atoms with van der Waals surface area (Å²) in [5.74, 6) is 0.474. The molecule has 0 amide bonds. The summed E-state index contributed by atoms with van der Waals surface area (Å²) in [7, 11) is 0. The van der Waals surface area contributed by atoms with Gasteiger partial charge in [0, 0.05) is 35.9 Å². The average Bonchev–Trinajstić information content (AvgIpc) is 3.08. The van der Waals surface area contributed by atoms with Crippen LogP contribution in [0.5, 0.6) is 0 Å². The zero-order chi connectivity index (χ0) is 17.4. The normalized spacial score (nSPS) is 19.1. The van der Waals surface area contributed by atoms with Crippen LogP contribution in [-0.2, 0) is 6.54 Å². The summed E-state index contributed by atoms with van der Waals surface area (Å²) >= 11 is 0. The lowest BCUT2D eigenvalue weighted by Crippen LogP contribution is -2.26. The lowest BCUT2D eigenvalue weighted by Gasteiger charge is -2.24. The van der Waals surface area contributed by atoms with Gasteiger partial charge in [0.25, 0.3) is 0 Å². The Bertz CT molecular complexity index is 818. The van der Waals surface area contributed by atoms with Crippen molar-refractivity contribution in [2.75, 3.05) is 18.4 Å². The van der Waals surface area contributed by atoms with Crippen LogP contribution in [0.2, 0.25) is 0 Å². The third-order valence-electron chi connectivity index (χ3n) is 4.98. The van der Waals surface area contributed by atoms with Crippen LogP contribution in [0.15, 0.2) is 36.2 Å². The highest BCUT2D eigenvalue weighted by molar-refractivity contribution is 5.80. The van der Waals surface area contributed by atoms with Crippen LogP contribution in [0.1, 0.15) is 23.1 Å². The van der Waals surface area contributed by atoms with E-state index in [4.69, 9.17) is 5.73 Å². The second-order valence-electron chi connectivity index (χ2n) is 6.82. The van der Waals surface area contributed by atoms with E-state index in [2.05, 4.69) is 28.1 Å². The molecule has 25 heavy (non-hydrogen) atoms. The minimum Gasteiger partial charge on any atom is -0.386 e. The average molecular weight is 338 g/mol. The Balaban J connectivity index is 1.84. The monoisotopic (exact) mass is 338 g/mol. The van der Waals surface area contributed by atoms with Crippen molar-refractivity contribution in [2.45, 2.75) is 25.9 Å². The molecule has 1 unspecified atom stereocenters. The van der Waals surface area contributed by atoms with E-state index < -0.39 is 0 Å². The summed E-state index contributed by atoms with van der Waals surface area (Å²) in [5, 5.41) is 10.2. The highest BCUT2D eigenvalue weighted by atomic mass is 19.1. The van der Waals surface area contributed by atoms with Crippen LogP contribution in [-0.4, -0.2) is 19.1 Å². The minimum atomic E-state index is -0.188. The van der Waals surface area contributed by atoms with Gasteiger partial charge in [-0.1, -0.05) is 12.1 Å². The second-order valence-corrected chi connectivity index (χ2v) is 6.82. The summed E-state index contributed by atoms with van der Waals surface area (Å²) < 4.78 is 14.5. The quantitative estimate of drug-likeness (QED) is 0.695. The Hall–Kier alpha value is -2.53. The molecule has 130 valence electrons. The highest BCUT2D eigenvalue weighted by Gasteiger charge is 2.20. The molecule has 5 N–H and O–H groups in total. The maximum absolute atomic E-state index is 14.5. The molecule has 1 atom stereocenters. The number of halogens is 1. The van der Waals surface area contributed by atoms with E-state index in [9.17, 15) is 4.39 Å². The van der Waals surface area contributed by atoms with Crippen molar-refractivity contribution in [3.8, 4) is 11.1 Å². The molecule has 2 aliphatic rings. The lowest BCUT2D eigenvalue weighted by atomic mass is 9.93. The minimum absolute atomic E-state index is 0.188. The first kappa shape index (κ1) is 16.0. The fourth-order valence-corrected chi connectivity index (χ4v) is 3.69. The third-order valence-corrected chi connectivity index (χ3v) is 4.98. The second kappa shape index (κ2) is 6.41. The van der Waals surface area contributed by atoms with E-state index >= 15 is 0 Å². The molecule has 0 aromatic heterocycles. The number of hydrogen-bond donors (Lipinski definition) is 4. The fraction of sp³-hybridized carbons (Fsp3) is 0.300. The summed E-state index contributed by atoms with van der Waals surface area (Å²) in [6.45, 7) is 4.55.